The average molecular weight is 450 g/mol. The molecule has 0 aliphatic carbocycles. The minimum Gasteiger partial charge on any atom is -0.480 e. The number of carbonyl (C=O) groups excluding carboxylic acids is 4. The maximum atomic E-state index is 12.7. The molecule has 0 fully saturated rings. The first-order chi connectivity index (χ1) is 13.9. The van der Waals surface area contributed by atoms with Crippen molar-refractivity contribution in [3.63, 3.8) is 0 Å². The van der Waals surface area contributed by atoms with E-state index in [4.69, 9.17) is 21.7 Å². The summed E-state index contributed by atoms with van der Waals surface area (Å²) in [6, 6.07) is -4.89. The Balaban J connectivity index is 5.30. The van der Waals surface area contributed by atoms with Crippen molar-refractivity contribution in [1.82, 2.24) is 16.0 Å². The third-order valence-corrected chi connectivity index (χ3v) is 4.69. The van der Waals surface area contributed by atoms with Crippen LogP contribution in [-0.4, -0.2) is 82.6 Å². The molecule has 0 saturated heterocycles. The Hall–Kier alpha value is -2.38. The summed E-state index contributed by atoms with van der Waals surface area (Å²) in [7, 11) is 0. The molecule has 0 aliphatic rings. The minimum absolute atomic E-state index is 0.225. The summed E-state index contributed by atoms with van der Waals surface area (Å²) in [4.78, 5) is 59.3. The van der Waals surface area contributed by atoms with E-state index < -0.39 is 72.7 Å². The van der Waals surface area contributed by atoms with Gasteiger partial charge in [-0.2, -0.15) is 11.8 Å². The molecular formula is C17H31N5O7S. The fourth-order valence-corrected chi connectivity index (χ4v) is 2.80. The lowest BCUT2D eigenvalue weighted by Crippen LogP contribution is -2.59. The Kier molecular flexibility index (Phi) is 12.7. The number of rotatable bonds is 14. The van der Waals surface area contributed by atoms with Crippen LogP contribution in [0.3, 0.4) is 0 Å². The summed E-state index contributed by atoms with van der Waals surface area (Å²) in [5.74, 6) is -4.31. The highest BCUT2D eigenvalue weighted by molar-refractivity contribution is 7.98. The zero-order valence-electron chi connectivity index (χ0n) is 17.2. The van der Waals surface area contributed by atoms with Crippen LogP contribution in [0.15, 0.2) is 0 Å². The standard InChI is InChI=1S/C17H31N5O7S/c1-8(2)13(16(27)21-11(7-23)17(28)29)22-15(26)10(4-5-30-3)20-14(25)9(18)6-12(19)24/h8-11,13,23H,4-7,18H2,1-3H3,(H2,19,24)(H,20,25)(H,21,27)(H,22,26)(H,28,29). The summed E-state index contributed by atoms with van der Waals surface area (Å²) in [6.07, 6.45) is 1.64. The van der Waals surface area contributed by atoms with E-state index in [1.165, 1.54) is 11.8 Å². The second-order valence-corrected chi connectivity index (χ2v) is 7.92. The second kappa shape index (κ2) is 13.8. The Morgan fingerprint density at radius 3 is 1.97 bits per heavy atom. The molecule has 0 aromatic heterocycles. The molecule has 12 nitrogen and oxygen atoms in total. The number of aliphatic carboxylic acids is 1. The maximum Gasteiger partial charge on any atom is 0.328 e. The van der Waals surface area contributed by atoms with Crippen LogP contribution in [0.2, 0.25) is 0 Å². The number of hydrogen-bond donors (Lipinski definition) is 7. The molecule has 0 radical (unpaired) electrons. The van der Waals surface area contributed by atoms with Gasteiger partial charge >= 0.3 is 5.97 Å². The Labute approximate surface area is 178 Å². The van der Waals surface area contributed by atoms with E-state index in [1.54, 1.807) is 20.1 Å². The molecule has 172 valence electrons. The first kappa shape index (κ1) is 27.6. The molecular weight excluding hydrogens is 418 g/mol. The van der Waals surface area contributed by atoms with Gasteiger partial charge in [0.2, 0.25) is 23.6 Å². The van der Waals surface area contributed by atoms with Crippen LogP contribution < -0.4 is 27.4 Å². The monoisotopic (exact) mass is 449 g/mol. The fraction of sp³-hybridized carbons (Fsp3) is 0.706. The quantitative estimate of drug-likeness (QED) is 0.145. The van der Waals surface area contributed by atoms with Crippen molar-refractivity contribution in [2.24, 2.45) is 17.4 Å². The lowest BCUT2D eigenvalue weighted by atomic mass is 10.0. The summed E-state index contributed by atoms with van der Waals surface area (Å²) in [5.41, 5.74) is 10.6. The van der Waals surface area contributed by atoms with Crippen LogP contribution in [-0.2, 0) is 24.0 Å². The summed E-state index contributed by atoms with van der Waals surface area (Å²) >= 11 is 1.43. The Morgan fingerprint density at radius 1 is 0.967 bits per heavy atom. The van der Waals surface area contributed by atoms with Gasteiger partial charge in [0.05, 0.1) is 19.1 Å². The lowest BCUT2D eigenvalue weighted by Gasteiger charge is -2.26. The molecule has 9 N–H and O–H groups in total. The lowest BCUT2D eigenvalue weighted by molar-refractivity contribution is -0.143. The zero-order chi connectivity index (χ0) is 23.4. The fourth-order valence-electron chi connectivity index (χ4n) is 2.33. The predicted octanol–water partition coefficient (Wildman–Crippen LogP) is -2.87. The van der Waals surface area contributed by atoms with E-state index in [2.05, 4.69) is 16.0 Å². The highest BCUT2D eigenvalue weighted by atomic mass is 32.2. The topological polar surface area (TPSA) is 214 Å². The molecule has 0 aromatic carbocycles. The van der Waals surface area contributed by atoms with E-state index in [9.17, 15) is 24.0 Å². The van der Waals surface area contributed by atoms with Crippen molar-refractivity contribution >= 4 is 41.4 Å². The molecule has 13 heteroatoms. The number of aliphatic hydroxyl groups is 1. The van der Waals surface area contributed by atoms with E-state index in [-0.39, 0.29) is 6.42 Å². The largest absolute Gasteiger partial charge is 0.480 e. The molecule has 30 heavy (non-hydrogen) atoms. The van der Waals surface area contributed by atoms with Crippen LogP contribution in [0, 0.1) is 5.92 Å². The number of hydrogen-bond acceptors (Lipinski definition) is 8. The minimum atomic E-state index is -1.52. The highest BCUT2D eigenvalue weighted by Crippen LogP contribution is 2.07. The number of carboxylic acid groups (broad SMARTS) is 1. The predicted molar refractivity (Wildman–Crippen MR) is 110 cm³/mol. The van der Waals surface area contributed by atoms with Gasteiger partial charge in [-0.05, 0) is 24.3 Å². The van der Waals surface area contributed by atoms with Gasteiger partial charge in [-0.3, -0.25) is 19.2 Å². The van der Waals surface area contributed by atoms with Crippen molar-refractivity contribution < 1.29 is 34.2 Å². The molecule has 4 atom stereocenters. The number of carbonyl (C=O) groups is 5. The zero-order valence-corrected chi connectivity index (χ0v) is 18.0. The van der Waals surface area contributed by atoms with E-state index >= 15 is 0 Å². The van der Waals surface area contributed by atoms with Crippen LogP contribution in [0.4, 0.5) is 0 Å². The van der Waals surface area contributed by atoms with E-state index in [1.807, 2.05) is 0 Å². The summed E-state index contributed by atoms with van der Waals surface area (Å²) in [6.45, 7) is 2.46. The highest BCUT2D eigenvalue weighted by Gasteiger charge is 2.31. The first-order valence-corrected chi connectivity index (χ1v) is 10.6. The van der Waals surface area contributed by atoms with Crippen molar-refractivity contribution in [2.45, 2.75) is 50.9 Å². The smallest absolute Gasteiger partial charge is 0.328 e. The number of thioether (sulfide) groups is 1. The van der Waals surface area contributed by atoms with Crippen LogP contribution in [0.25, 0.3) is 0 Å². The van der Waals surface area contributed by atoms with Crippen molar-refractivity contribution in [3.05, 3.63) is 0 Å². The van der Waals surface area contributed by atoms with E-state index in [0.29, 0.717) is 5.75 Å². The Morgan fingerprint density at radius 2 is 1.53 bits per heavy atom. The molecule has 4 unspecified atom stereocenters. The molecule has 0 aliphatic heterocycles. The molecule has 4 amide bonds. The molecule has 0 bridgehead atoms. The van der Waals surface area contributed by atoms with Gasteiger partial charge < -0.3 is 37.6 Å². The van der Waals surface area contributed by atoms with Gasteiger partial charge in [0.15, 0.2) is 0 Å². The molecule has 0 aromatic rings. The van der Waals surface area contributed by atoms with Crippen molar-refractivity contribution in [2.75, 3.05) is 18.6 Å². The summed E-state index contributed by atoms with van der Waals surface area (Å²) < 4.78 is 0. The van der Waals surface area contributed by atoms with Crippen molar-refractivity contribution in [3.8, 4) is 0 Å². The average Bonchev–Trinajstić information content (AvgIpc) is 2.65. The first-order valence-electron chi connectivity index (χ1n) is 9.22. The molecule has 0 saturated carbocycles. The number of amides is 4. The second-order valence-electron chi connectivity index (χ2n) is 6.93. The molecule has 0 spiro atoms. The van der Waals surface area contributed by atoms with Gasteiger partial charge in [0.1, 0.15) is 18.1 Å². The Bertz CT molecular complexity index is 632. The van der Waals surface area contributed by atoms with Gasteiger partial charge in [-0.25, -0.2) is 4.79 Å². The van der Waals surface area contributed by atoms with Gasteiger partial charge in [-0.15, -0.1) is 0 Å². The van der Waals surface area contributed by atoms with Gasteiger partial charge in [-0.1, -0.05) is 13.8 Å². The third-order valence-electron chi connectivity index (χ3n) is 4.05. The number of nitrogens with one attached hydrogen (secondary N) is 3. The molecule has 0 heterocycles. The number of primary amides is 1. The van der Waals surface area contributed by atoms with Crippen LogP contribution in [0.5, 0.6) is 0 Å². The van der Waals surface area contributed by atoms with Crippen molar-refractivity contribution in [1.29, 1.82) is 0 Å². The summed E-state index contributed by atoms with van der Waals surface area (Å²) in [5, 5.41) is 25.1. The van der Waals surface area contributed by atoms with E-state index in [0.717, 1.165) is 0 Å². The third kappa shape index (κ3) is 9.89. The number of carboxylic acids is 1. The SMILES string of the molecule is CSCCC(NC(=O)C(N)CC(N)=O)C(=O)NC(C(=O)NC(CO)C(=O)O)C(C)C. The van der Waals surface area contributed by atoms with Gasteiger partial charge in [0.25, 0.3) is 0 Å². The van der Waals surface area contributed by atoms with Gasteiger partial charge in [0, 0.05) is 0 Å². The number of aliphatic hydroxyl groups excluding tert-OH is 1. The van der Waals surface area contributed by atoms with Crippen LogP contribution >= 0.6 is 11.8 Å². The maximum absolute atomic E-state index is 12.7. The number of nitrogens with two attached hydrogens (primary N) is 2. The normalized spacial score (nSPS) is 14.9. The molecule has 0 rings (SSSR count). The van der Waals surface area contributed by atoms with Crippen LogP contribution in [0.1, 0.15) is 26.7 Å².